The second-order valence-electron chi connectivity index (χ2n) is 13.4. The Morgan fingerprint density at radius 2 is 1.58 bits per heavy atom. The molecule has 0 saturated heterocycles. The molecule has 0 bridgehead atoms. The number of nitrogens with zero attached hydrogens (tertiary/aromatic N) is 1. The molecule has 9 nitrogen and oxygen atoms in total. The highest BCUT2D eigenvalue weighted by atomic mass is 16.2. The fourth-order valence-electron chi connectivity index (χ4n) is 6.97. The number of anilines is 2. The summed E-state index contributed by atoms with van der Waals surface area (Å²) in [5, 5.41) is 12.3. The SMILES string of the molecule is CC(CCC(=O)NC=O)N1Cc2ccc(NCCCCCNc3ccc(C(=O)NC4C(C)(C)CC4(C)C)cc3)cc2C1=O. The van der Waals surface area contributed by atoms with Crippen LogP contribution < -0.4 is 21.3 Å². The third-order valence-electron chi connectivity index (χ3n) is 8.89. The van der Waals surface area contributed by atoms with Gasteiger partial charge >= 0.3 is 0 Å². The number of carbonyl (C=O) groups is 4. The zero-order valence-electron chi connectivity index (χ0n) is 26.2. The Morgan fingerprint density at radius 3 is 2.21 bits per heavy atom. The Bertz CT molecular complexity index is 1310. The van der Waals surface area contributed by atoms with Gasteiger partial charge < -0.3 is 20.9 Å². The number of amides is 4. The van der Waals surface area contributed by atoms with E-state index in [4.69, 9.17) is 0 Å². The molecule has 2 aliphatic rings. The van der Waals surface area contributed by atoms with Gasteiger partial charge in [0.1, 0.15) is 0 Å². The van der Waals surface area contributed by atoms with Crippen molar-refractivity contribution in [1.29, 1.82) is 0 Å². The van der Waals surface area contributed by atoms with Gasteiger partial charge in [0.05, 0.1) is 0 Å². The summed E-state index contributed by atoms with van der Waals surface area (Å²) in [6, 6.07) is 13.7. The van der Waals surface area contributed by atoms with Gasteiger partial charge in [-0.1, -0.05) is 33.8 Å². The minimum Gasteiger partial charge on any atom is -0.385 e. The van der Waals surface area contributed by atoms with Gasteiger partial charge in [-0.05, 0) is 91.8 Å². The lowest BCUT2D eigenvalue weighted by molar-refractivity contribution is -0.125. The maximum atomic E-state index is 13.0. The van der Waals surface area contributed by atoms with Crippen LogP contribution in [0.15, 0.2) is 42.5 Å². The van der Waals surface area contributed by atoms with Gasteiger partial charge in [0.25, 0.3) is 11.8 Å². The van der Waals surface area contributed by atoms with Crippen LogP contribution in [0.3, 0.4) is 0 Å². The Hall–Kier alpha value is -3.88. The highest BCUT2D eigenvalue weighted by Crippen LogP contribution is 2.53. The second kappa shape index (κ2) is 13.6. The lowest BCUT2D eigenvalue weighted by atomic mass is 9.52. The van der Waals surface area contributed by atoms with E-state index in [1.807, 2.05) is 49.4 Å². The zero-order valence-corrected chi connectivity index (χ0v) is 26.2. The Kier molecular flexibility index (Phi) is 10.1. The first-order valence-electron chi connectivity index (χ1n) is 15.5. The fraction of sp³-hybridized carbons (Fsp3) is 0.529. The molecule has 2 aromatic carbocycles. The fourth-order valence-corrected chi connectivity index (χ4v) is 6.97. The number of unbranched alkanes of at least 4 members (excludes halogenated alkanes) is 2. The van der Waals surface area contributed by atoms with Crippen molar-refractivity contribution in [3.8, 4) is 0 Å². The normalized spacial score (nSPS) is 17.4. The van der Waals surface area contributed by atoms with Crippen molar-refractivity contribution in [1.82, 2.24) is 15.5 Å². The highest BCUT2D eigenvalue weighted by molar-refractivity contribution is 5.99. The Balaban J connectivity index is 1.12. The van der Waals surface area contributed by atoms with Crippen LogP contribution in [0.5, 0.6) is 0 Å². The number of benzene rings is 2. The summed E-state index contributed by atoms with van der Waals surface area (Å²) in [4.78, 5) is 49.6. The first kappa shape index (κ1) is 32.0. The van der Waals surface area contributed by atoms with Crippen molar-refractivity contribution in [2.45, 2.75) is 91.8 Å². The van der Waals surface area contributed by atoms with Crippen molar-refractivity contribution in [3.05, 3.63) is 59.2 Å². The molecule has 4 rings (SSSR count). The van der Waals surface area contributed by atoms with Gasteiger partial charge in [-0.3, -0.25) is 24.5 Å². The Morgan fingerprint density at radius 1 is 0.953 bits per heavy atom. The third-order valence-corrected chi connectivity index (χ3v) is 8.89. The molecule has 4 N–H and O–H groups in total. The maximum Gasteiger partial charge on any atom is 0.254 e. The van der Waals surface area contributed by atoms with E-state index < -0.39 is 0 Å². The topological polar surface area (TPSA) is 120 Å². The van der Waals surface area contributed by atoms with E-state index in [9.17, 15) is 19.2 Å². The van der Waals surface area contributed by atoms with E-state index in [1.54, 1.807) is 4.90 Å². The van der Waals surface area contributed by atoms with E-state index in [-0.39, 0.29) is 47.1 Å². The van der Waals surface area contributed by atoms with Crippen molar-refractivity contribution in [2.24, 2.45) is 10.8 Å². The average Bonchev–Trinajstić information content (AvgIpc) is 3.29. The maximum absolute atomic E-state index is 13.0. The molecule has 1 saturated carbocycles. The molecule has 43 heavy (non-hydrogen) atoms. The van der Waals surface area contributed by atoms with E-state index in [2.05, 4.69) is 49.0 Å². The standard InChI is InChI=1S/C34H47N5O4/c1-23(9-16-29(41)37-22-40)39-20-25-12-15-27(19-28(25)31(39)43)36-18-8-6-7-17-35-26-13-10-24(11-14-26)30(42)38-32-33(2,3)21-34(32,4)5/h10-15,19,22-23,32,35-36H,6-9,16-18,20-21H2,1-5H3,(H,38,42)(H,37,40,41). The van der Waals surface area contributed by atoms with Gasteiger partial charge in [0, 0.05) is 60.6 Å². The molecule has 2 aromatic rings. The number of hydrogen-bond donors (Lipinski definition) is 4. The average molecular weight is 590 g/mol. The van der Waals surface area contributed by atoms with Crippen molar-refractivity contribution in [3.63, 3.8) is 0 Å². The number of rotatable bonds is 15. The van der Waals surface area contributed by atoms with E-state index in [1.165, 1.54) is 0 Å². The van der Waals surface area contributed by atoms with Crippen LogP contribution in [-0.2, 0) is 16.1 Å². The van der Waals surface area contributed by atoms with Crippen LogP contribution in [-0.4, -0.2) is 54.2 Å². The summed E-state index contributed by atoms with van der Waals surface area (Å²) >= 11 is 0. The van der Waals surface area contributed by atoms with Crippen LogP contribution in [0, 0.1) is 10.8 Å². The lowest BCUT2D eigenvalue weighted by Crippen LogP contribution is -2.63. The van der Waals surface area contributed by atoms with E-state index in [0.717, 1.165) is 55.7 Å². The Labute approximate surface area is 255 Å². The summed E-state index contributed by atoms with van der Waals surface area (Å²) in [7, 11) is 0. The molecule has 1 unspecified atom stereocenters. The van der Waals surface area contributed by atoms with Crippen LogP contribution in [0.25, 0.3) is 0 Å². The van der Waals surface area contributed by atoms with Gasteiger partial charge in [0.15, 0.2) is 0 Å². The van der Waals surface area contributed by atoms with Crippen LogP contribution in [0.4, 0.5) is 11.4 Å². The summed E-state index contributed by atoms with van der Waals surface area (Å²) in [6.45, 7) is 13.0. The molecule has 0 spiro atoms. The molecule has 1 aliphatic carbocycles. The van der Waals surface area contributed by atoms with Gasteiger partial charge in [-0.15, -0.1) is 0 Å². The summed E-state index contributed by atoms with van der Waals surface area (Å²) in [6.07, 6.45) is 5.27. The molecule has 0 radical (unpaired) electrons. The third kappa shape index (κ3) is 7.94. The molecule has 0 aromatic heterocycles. The summed E-state index contributed by atoms with van der Waals surface area (Å²) < 4.78 is 0. The molecular weight excluding hydrogens is 542 g/mol. The molecule has 1 atom stereocenters. The van der Waals surface area contributed by atoms with Crippen LogP contribution in [0.1, 0.15) is 99.4 Å². The molecule has 1 aliphatic heterocycles. The smallest absolute Gasteiger partial charge is 0.254 e. The number of carbonyl (C=O) groups excluding carboxylic acids is 4. The molecule has 4 amide bonds. The van der Waals surface area contributed by atoms with Gasteiger partial charge in [-0.25, -0.2) is 0 Å². The molecule has 1 fully saturated rings. The van der Waals surface area contributed by atoms with Crippen molar-refractivity contribution in [2.75, 3.05) is 23.7 Å². The number of hydrogen-bond acceptors (Lipinski definition) is 6. The second-order valence-corrected chi connectivity index (χ2v) is 13.4. The minimum absolute atomic E-state index is 0.0117. The first-order chi connectivity index (χ1) is 20.4. The largest absolute Gasteiger partial charge is 0.385 e. The summed E-state index contributed by atoms with van der Waals surface area (Å²) in [5.74, 6) is -0.365. The summed E-state index contributed by atoms with van der Waals surface area (Å²) in [5.41, 5.74) is 4.57. The van der Waals surface area contributed by atoms with Crippen LogP contribution >= 0.6 is 0 Å². The van der Waals surface area contributed by atoms with E-state index >= 15 is 0 Å². The predicted octanol–water partition coefficient (Wildman–Crippen LogP) is 5.33. The molecule has 9 heteroatoms. The highest BCUT2D eigenvalue weighted by Gasteiger charge is 2.53. The minimum atomic E-state index is -0.333. The first-order valence-corrected chi connectivity index (χ1v) is 15.5. The van der Waals surface area contributed by atoms with Gasteiger partial charge in [0.2, 0.25) is 12.3 Å². The molecule has 1 heterocycles. The number of nitrogens with one attached hydrogen (secondary N) is 4. The zero-order chi connectivity index (χ0) is 31.2. The van der Waals surface area contributed by atoms with E-state index in [0.29, 0.717) is 30.5 Å². The predicted molar refractivity (Wildman–Crippen MR) is 170 cm³/mol. The molecular formula is C34H47N5O4. The monoisotopic (exact) mass is 589 g/mol. The lowest BCUT2D eigenvalue weighted by Gasteiger charge is -2.57. The van der Waals surface area contributed by atoms with Crippen LogP contribution in [0.2, 0.25) is 0 Å². The number of fused-ring (bicyclic) bond motifs is 1. The quantitative estimate of drug-likeness (QED) is 0.165. The van der Waals surface area contributed by atoms with Crippen molar-refractivity contribution < 1.29 is 19.2 Å². The molecule has 232 valence electrons. The van der Waals surface area contributed by atoms with Gasteiger partial charge in [-0.2, -0.15) is 0 Å². The number of imide groups is 1. The van der Waals surface area contributed by atoms with Crippen molar-refractivity contribution >= 4 is 35.5 Å².